The van der Waals surface area contributed by atoms with Gasteiger partial charge in [-0.1, -0.05) is 63.1 Å². The van der Waals surface area contributed by atoms with Crippen LogP contribution in [0.5, 0.6) is 0 Å². The van der Waals surface area contributed by atoms with E-state index in [2.05, 4.69) is 51.4 Å². The second kappa shape index (κ2) is 23.8. The molecule has 6 aromatic heterocycles. The van der Waals surface area contributed by atoms with Gasteiger partial charge in [0.25, 0.3) is 11.8 Å². The van der Waals surface area contributed by atoms with Crippen LogP contribution in [0.15, 0.2) is 97.6 Å². The summed E-state index contributed by atoms with van der Waals surface area (Å²) in [7, 11) is 3.56. The molecule has 8 heterocycles. The molecule has 0 saturated carbocycles. The first-order chi connectivity index (χ1) is 38.0. The van der Waals surface area contributed by atoms with E-state index in [0.29, 0.717) is 84.1 Å². The average Bonchev–Trinajstić information content (AvgIpc) is 4.37. The van der Waals surface area contributed by atoms with Gasteiger partial charge in [0.1, 0.15) is 23.0 Å². The number of rotatable bonds is 18. The van der Waals surface area contributed by atoms with Gasteiger partial charge in [0.05, 0.1) is 24.5 Å². The second-order valence-corrected chi connectivity index (χ2v) is 19.7. The summed E-state index contributed by atoms with van der Waals surface area (Å²) in [6, 6.07) is 22.4. The molecule has 10 rings (SSSR count). The molecule has 78 heavy (non-hydrogen) atoms. The topological polar surface area (TPSA) is 249 Å². The van der Waals surface area contributed by atoms with Gasteiger partial charge in [0.2, 0.25) is 24.1 Å². The third-order valence-corrected chi connectivity index (χ3v) is 14.2. The third kappa shape index (κ3) is 11.1. The van der Waals surface area contributed by atoms with E-state index < -0.39 is 18.6 Å². The molecule has 2 aliphatic rings. The largest absolute Gasteiger partial charge is 0.512 e. The minimum Gasteiger partial charge on any atom is -0.406 e. The van der Waals surface area contributed by atoms with Crippen LogP contribution in [0.2, 0.25) is 0 Å². The highest BCUT2D eigenvalue weighted by Crippen LogP contribution is 2.34. The zero-order valence-electron chi connectivity index (χ0n) is 44.7. The van der Waals surface area contributed by atoms with Crippen LogP contribution in [0.3, 0.4) is 0 Å². The van der Waals surface area contributed by atoms with Crippen molar-refractivity contribution in [2.45, 2.75) is 104 Å². The standard InChI is InChI=1S/C55H64N18O5/c1-7-13-45(72-64-49(62-66-72)47-43(33-60-68(47)5)37-19-23-39(24-20-37)53(74)70(41-17-11-27-56-31-41)51-35(3)15-9-29-58-51)77-55(76)78-46(14-8-2)73-65-50(63-67-73)48-44(34-61-69(48)6)38-21-25-40(26-22-38)54(75)71(42-18-12-28-57-32-42)52-36(4)16-10-30-59-52/h9-10,15-16,19-26,29-30,33-34,41-42,45-46,56-57H,7-8,11-14,17-18,27-28,31-32H2,1-6H3/t41-,42-,45-,46-/m1/s1. The Kier molecular flexibility index (Phi) is 16.1. The van der Waals surface area contributed by atoms with Crippen LogP contribution in [-0.2, 0) is 23.6 Å². The molecular weight excluding hydrogens is 993 g/mol. The highest BCUT2D eigenvalue weighted by atomic mass is 16.7. The summed E-state index contributed by atoms with van der Waals surface area (Å²) in [5.74, 6) is 1.56. The van der Waals surface area contributed by atoms with Crippen LogP contribution >= 0.6 is 0 Å². The Morgan fingerprint density at radius 1 is 0.628 bits per heavy atom. The van der Waals surface area contributed by atoms with Gasteiger partial charge >= 0.3 is 6.16 Å². The van der Waals surface area contributed by atoms with E-state index in [-0.39, 0.29) is 35.5 Å². The molecule has 404 valence electrons. The first kappa shape index (κ1) is 52.9. The Hall–Kier alpha value is -8.57. The summed E-state index contributed by atoms with van der Waals surface area (Å²) in [6.45, 7) is 11.0. The first-order valence-electron chi connectivity index (χ1n) is 26.6. The van der Waals surface area contributed by atoms with Crippen molar-refractivity contribution < 1.29 is 23.9 Å². The lowest BCUT2D eigenvalue weighted by Crippen LogP contribution is -2.49. The number of benzene rings is 2. The molecule has 8 aromatic rings. The van der Waals surface area contributed by atoms with Gasteiger partial charge in [-0.15, -0.1) is 30.0 Å². The van der Waals surface area contributed by atoms with Crippen LogP contribution in [-0.4, -0.2) is 126 Å². The van der Waals surface area contributed by atoms with E-state index in [4.69, 9.17) is 19.7 Å². The maximum absolute atomic E-state index is 14.3. The smallest absolute Gasteiger partial charge is 0.406 e. The number of carbonyl (C=O) groups excluding carboxylic acids is 3. The van der Waals surface area contributed by atoms with Crippen LogP contribution in [0, 0.1) is 13.8 Å². The van der Waals surface area contributed by atoms with Crippen molar-refractivity contribution in [2.75, 3.05) is 36.0 Å². The van der Waals surface area contributed by atoms with Crippen molar-refractivity contribution in [1.29, 1.82) is 0 Å². The molecule has 0 radical (unpaired) electrons. The normalized spacial score (nSPS) is 16.3. The van der Waals surface area contributed by atoms with E-state index in [1.807, 2.05) is 110 Å². The zero-order chi connectivity index (χ0) is 54.3. The van der Waals surface area contributed by atoms with Gasteiger partial charge in [-0.25, -0.2) is 14.8 Å². The van der Waals surface area contributed by atoms with Gasteiger partial charge in [0.15, 0.2) is 0 Å². The van der Waals surface area contributed by atoms with E-state index in [9.17, 15) is 14.4 Å². The summed E-state index contributed by atoms with van der Waals surface area (Å²) in [5.41, 5.74) is 7.06. The van der Waals surface area contributed by atoms with Gasteiger partial charge in [-0.05, 0) is 122 Å². The van der Waals surface area contributed by atoms with E-state index in [1.54, 1.807) is 48.2 Å². The third-order valence-electron chi connectivity index (χ3n) is 14.2. The fourth-order valence-electron chi connectivity index (χ4n) is 10.2. The molecule has 0 bridgehead atoms. The number of nitrogens with zero attached hydrogens (tertiary/aromatic N) is 16. The number of piperidine rings is 2. The monoisotopic (exact) mass is 1060 g/mol. The minimum absolute atomic E-state index is 0.0346. The van der Waals surface area contributed by atoms with Gasteiger partial charge in [-0.2, -0.15) is 10.2 Å². The Bertz CT molecular complexity index is 3140. The summed E-state index contributed by atoms with van der Waals surface area (Å²) >= 11 is 0. The number of nitrogens with one attached hydrogen (secondary N) is 2. The number of anilines is 2. The molecule has 23 heteroatoms. The number of amides is 2. The molecule has 0 aliphatic carbocycles. The number of aryl methyl sites for hydroxylation is 4. The molecule has 0 spiro atoms. The number of carbonyl (C=O) groups is 3. The first-order valence-corrected chi connectivity index (χ1v) is 26.6. The molecule has 2 saturated heterocycles. The number of hydrogen-bond acceptors (Lipinski definition) is 17. The van der Waals surface area contributed by atoms with Crippen LogP contribution in [0.25, 0.3) is 45.3 Å². The summed E-state index contributed by atoms with van der Waals surface area (Å²) in [6.07, 6.45) is 9.56. The molecule has 2 N–H and O–H groups in total. The van der Waals surface area contributed by atoms with Gasteiger partial charge < -0.3 is 20.1 Å². The van der Waals surface area contributed by atoms with Gasteiger partial charge in [-0.3, -0.25) is 28.8 Å². The number of hydrogen-bond donors (Lipinski definition) is 2. The second-order valence-electron chi connectivity index (χ2n) is 19.7. The molecule has 2 aliphatic heterocycles. The molecule has 2 fully saturated rings. The highest BCUT2D eigenvalue weighted by molar-refractivity contribution is 6.07. The Morgan fingerprint density at radius 2 is 1.05 bits per heavy atom. The Balaban J connectivity index is 0.823. The predicted molar refractivity (Wildman–Crippen MR) is 290 cm³/mol. The van der Waals surface area contributed by atoms with Gasteiger partial charge in [0, 0.05) is 74.7 Å². The number of tetrazole rings is 2. The highest BCUT2D eigenvalue weighted by Gasteiger charge is 2.33. The molecular formula is C55H64N18O5. The maximum atomic E-state index is 14.3. The fourth-order valence-corrected chi connectivity index (χ4v) is 10.2. The average molecular weight is 1060 g/mol. The molecule has 2 amide bonds. The summed E-state index contributed by atoms with van der Waals surface area (Å²) in [5, 5.41) is 42.7. The lowest BCUT2D eigenvalue weighted by molar-refractivity contribution is -0.0615. The van der Waals surface area contributed by atoms with Crippen LogP contribution in [0.1, 0.15) is 110 Å². The molecule has 4 atom stereocenters. The van der Waals surface area contributed by atoms with Crippen LogP contribution in [0.4, 0.5) is 16.4 Å². The van der Waals surface area contributed by atoms with E-state index in [0.717, 1.165) is 61.0 Å². The van der Waals surface area contributed by atoms with E-state index in [1.165, 1.54) is 9.59 Å². The quantitative estimate of drug-likeness (QED) is 0.0792. The number of ether oxygens (including phenoxy) is 2. The van der Waals surface area contributed by atoms with Crippen molar-refractivity contribution >= 4 is 29.6 Å². The molecule has 23 nitrogen and oxygen atoms in total. The number of pyridine rings is 2. The fraction of sp³-hybridized carbons (Fsp3) is 0.400. The van der Waals surface area contributed by atoms with E-state index >= 15 is 0 Å². The molecule has 0 unspecified atom stereocenters. The Labute approximate surface area is 451 Å². The maximum Gasteiger partial charge on any atom is 0.512 e. The lowest BCUT2D eigenvalue weighted by atomic mass is 10.0. The summed E-state index contributed by atoms with van der Waals surface area (Å²) < 4.78 is 15.1. The predicted octanol–water partition coefficient (Wildman–Crippen LogP) is 7.45. The molecule has 2 aromatic carbocycles. The van der Waals surface area contributed by atoms with Crippen molar-refractivity contribution in [2.24, 2.45) is 14.1 Å². The zero-order valence-corrected chi connectivity index (χ0v) is 44.7. The van der Waals surface area contributed by atoms with Crippen LogP contribution < -0.4 is 20.4 Å². The van der Waals surface area contributed by atoms with Crippen molar-refractivity contribution in [3.05, 3.63) is 120 Å². The summed E-state index contributed by atoms with van der Waals surface area (Å²) in [4.78, 5) is 57.6. The Morgan fingerprint density at radius 3 is 1.42 bits per heavy atom. The number of aromatic nitrogens is 14. The van der Waals surface area contributed by atoms with Crippen molar-refractivity contribution in [3.63, 3.8) is 0 Å². The minimum atomic E-state index is -0.982. The van der Waals surface area contributed by atoms with Crippen molar-refractivity contribution in [3.8, 4) is 45.3 Å². The SMILES string of the molecule is CCC[C@@H](OC(=O)O[C@H](CCC)n1nnc(-c2c(-c3ccc(C(=O)N(c4ncccc4C)[C@@H]4CCCNC4)cc3)cnn2C)n1)n1nnc(-c2c(-c3ccc(C(=O)N(c4ncccc4C)[C@@H]4CCCNC4)cc3)cnn2C)n1. The lowest BCUT2D eigenvalue weighted by Gasteiger charge is -2.34. The van der Waals surface area contributed by atoms with Crippen molar-refractivity contribution in [1.82, 2.24) is 80.6 Å².